The van der Waals surface area contributed by atoms with Gasteiger partial charge in [0.15, 0.2) is 5.84 Å². The van der Waals surface area contributed by atoms with E-state index in [1.54, 1.807) is 25.1 Å². The van der Waals surface area contributed by atoms with Crippen LogP contribution >= 0.6 is 11.8 Å². The number of aromatic nitrogens is 2. The maximum absolute atomic E-state index is 5.58. The number of pyridine rings is 2. The Morgan fingerprint density at radius 1 is 0.946 bits per heavy atom. The lowest BCUT2D eigenvalue weighted by Gasteiger charge is -2.37. The number of benzene rings is 2. The fourth-order valence-corrected chi connectivity index (χ4v) is 5.83. The molecule has 2 aromatic carbocycles. The van der Waals surface area contributed by atoms with Crippen LogP contribution in [0.15, 0.2) is 87.9 Å². The highest BCUT2D eigenvalue weighted by molar-refractivity contribution is 7.99. The van der Waals surface area contributed by atoms with Crippen molar-refractivity contribution in [2.75, 3.05) is 32.3 Å². The van der Waals surface area contributed by atoms with Crippen molar-refractivity contribution in [1.82, 2.24) is 14.9 Å². The Morgan fingerprint density at radius 3 is 2.54 bits per heavy atom. The molecule has 0 amide bonds. The van der Waals surface area contributed by atoms with Gasteiger partial charge in [-0.05, 0) is 48.7 Å². The third-order valence-electron chi connectivity index (χ3n) is 6.98. The molecule has 6 rings (SSSR count). The van der Waals surface area contributed by atoms with Crippen LogP contribution < -0.4 is 9.75 Å². The van der Waals surface area contributed by atoms with Crippen LogP contribution in [0.5, 0.6) is 5.75 Å². The molecule has 8 heteroatoms. The summed E-state index contributed by atoms with van der Waals surface area (Å²) in [6.07, 6.45) is 5.94. The van der Waals surface area contributed by atoms with Gasteiger partial charge in [-0.2, -0.15) is 5.10 Å². The van der Waals surface area contributed by atoms with Crippen molar-refractivity contribution in [3.8, 4) is 5.75 Å². The maximum atomic E-state index is 5.58. The minimum atomic E-state index is 0.339. The molecule has 37 heavy (non-hydrogen) atoms. The van der Waals surface area contributed by atoms with Crippen LogP contribution in [-0.2, 0) is 11.3 Å². The second kappa shape index (κ2) is 10.4. The Balaban J connectivity index is 1.25. The second-order valence-corrected chi connectivity index (χ2v) is 10.3. The fraction of sp³-hybridized carbons (Fsp3) is 0.276. The predicted octanol–water partition coefficient (Wildman–Crippen LogP) is 5.58. The SMILES string of the molecule is COc1cnc2c(Sc3ccc(N4Cc5ccccc5C(N5CCC(OC)CC5)=N4)cc3)ccnc2c1. The summed E-state index contributed by atoms with van der Waals surface area (Å²) in [5, 5.41) is 7.25. The van der Waals surface area contributed by atoms with Gasteiger partial charge in [0.05, 0.1) is 37.2 Å². The summed E-state index contributed by atoms with van der Waals surface area (Å²) in [6, 6.07) is 21.1. The van der Waals surface area contributed by atoms with Crippen molar-refractivity contribution in [3.63, 3.8) is 0 Å². The van der Waals surface area contributed by atoms with Gasteiger partial charge in [-0.25, -0.2) is 4.98 Å². The van der Waals surface area contributed by atoms with Crippen LogP contribution in [0.25, 0.3) is 11.0 Å². The molecule has 188 valence electrons. The lowest BCUT2D eigenvalue weighted by molar-refractivity contribution is 0.0578. The molecule has 0 radical (unpaired) electrons. The first kappa shape index (κ1) is 23.8. The number of rotatable bonds is 5. The third-order valence-corrected chi connectivity index (χ3v) is 8.04. The van der Waals surface area contributed by atoms with Gasteiger partial charge in [0.1, 0.15) is 11.3 Å². The number of likely N-dealkylation sites (tertiary alicyclic amines) is 1. The molecule has 0 saturated carbocycles. The van der Waals surface area contributed by atoms with Gasteiger partial charge in [0.2, 0.25) is 0 Å². The highest BCUT2D eigenvalue weighted by Gasteiger charge is 2.27. The molecule has 0 spiro atoms. The Kier molecular flexibility index (Phi) is 6.68. The summed E-state index contributed by atoms with van der Waals surface area (Å²) in [4.78, 5) is 13.6. The van der Waals surface area contributed by atoms with Crippen LogP contribution in [0.1, 0.15) is 24.0 Å². The molecular weight excluding hydrogens is 482 g/mol. The molecular formula is C29H29N5O2S. The van der Waals surface area contributed by atoms with Crippen molar-refractivity contribution < 1.29 is 9.47 Å². The zero-order valence-electron chi connectivity index (χ0n) is 21.0. The number of piperidine rings is 1. The van der Waals surface area contributed by atoms with E-state index in [9.17, 15) is 0 Å². The van der Waals surface area contributed by atoms with Crippen LogP contribution in [0.2, 0.25) is 0 Å². The highest BCUT2D eigenvalue weighted by Crippen LogP contribution is 2.34. The van der Waals surface area contributed by atoms with Gasteiger partial charge in [-0.15, -0.1) is 0 Å². The lowest BCUT2D eigenvalue weighted by Crippen LogP contribution is -2.44. The van der Waals surface area contributed by atoms with Crippen LogP contribution in [0, 0.1) is 0 Å². The van der Waals surface area contributed by atoms with Crippen molar-refractivity contribution in [1.29, 1.82) is 0 Å². The molecule has 1 saturated heterocycles. The summed E-state index contributed by atoms with van der Waals surface area (Å²) in [7, 11) is 3.45. The van der Waals surface area contributed by atoms with Crippen molar-refractivity contribution in [3.05, 3.63) is 84.2 Å². The monoisotopic (exact) mass is 511 g/mol. The molecule has 0 aliphatic carbocycles. The molecule has 2 aromatic heterocycles. The van der Waals surface area contributed by atoms with Crippen molar-refractivity contribution >= 4 is 34.3 Å². The number of hydrogen-bond donors (Lipinski definition) is 0. The van der Waals surface area contributed by atoms with Gasteiger partial charge < -0.3 is 14.4 Å². The zero-order valence-corrected chi connectivity index (χ0v) is 21.8. The second-order valence-electron chi connectivity index (χ2n) is 9.21. The van der Waals surface area contributed by atoms with Gasteiger partial charge in [-0.3, -0.25) is 9.99 Å². The quantitative estimate of drug-likeness (QED) is 0.346. The molecule has 0 unspecified atom stereocenters. The maximum Gasteiger partial charge on any atom is 0.156 e. The molecule has 2 aliphatic rings. The van der Waals surface area contributed by atoms with Gasteiger partial charge in [0, 0.05) is 47.8 Å². The Labute approximate surface area is 221 Å². The number of nitrogens with zero attached hydrogens (tertiary/aromatic N) is 5. The molecule has 0 atom stereocenters. The third kappa shape index (κ3) is 4.86. The first-order chi connectivity index (χ1) is 18.2. The minimum absolute atomic E-state index is 0.339. The topological polar surface area (TPSA) is 63.1 Å². The van der Waals surface area contributed by atoms with Crippen molar-refractivity contribution in [2.45, 2.75) is 35.3 Å². The first-order valence-electron chi connectivity index (χ1n) is 12.5. The number of fused-ring (bicyclic) bond motifs is 2. The van der Waals surface area contributed by atoms with Gasteiger partial charge in [-0.1, -0.05) is 36.0 Å². The van der Waals surface area contributed by atoms with Gasteiger partial charge in [0.25, 0.3) is 0 Å². The number of amidine groups is 1. The summed E-state index contributed by atoms with van der Waals surface area (Å²) >= 11 is 1.68. The fourth-order valence-electron chi connectivity index (χ4n) is 4.92. The van der Waals surface area contributed by atoms with E-state index in [4.69, 9.17) is 14.6 Å². The summed E-state index contributed by atoms with van der Waals surface area (Å²) < 4.78 is 10.9. The number of anilines is 1. The molecule has 1 fully saturated rings. The highest BCUT2D eigenvalue weighted by atomic mass is 32.2. The molecule has 4 aromatic rings. The van der Waals surface area contributed by atoms with Crippen molar-refractivity contribution in [2.24, 2.45) is 5.10 Å². The van der Waals surface area contributed by atoms with Crippen LogP contribution in [0.4, 0.5) is 5.69 Å². The standard InChI is InChI=1S/C29H29N5O2S/c1-35-22-12-15-33(16-13-22)29-25-6-4-3-5-20(25)19-34(32-29)21-7-9-24(10-8-21)37-27-11-14-30-26-17-23(36-2)18-31-28(26)27/h3-11,14,17-18,22H,12-13,15-16,19H2,1-2H3. The molecule has 7 nitrogen and oxygen atoms in total. The largest absolute Gasteiger partial charge is 0.495 e. The number of hydrogen-bond acceptors (Lipinski definition) is 8. The lowest BCUT2D eigenvalue weighted by atomic mass is 10.0. The minimum Gasteiger partial charge on any atom is -0.495 e. The van der Waals surface area contributed by atoms with E-state index in [0.29, 0.717) is 11.9 Å². The van der Waals surface area contributed by atoms with Gasteiger partial charge >= 0.3 is 0 Å². The predicted molar refractivity (Wildman–Crippen MR) is 147 cm³/mol. The van der Waals surface area contributed by atoms with E-state index in [1.165, 1.54) is 11.1 Å². The first-order valence-corrected chi connectivity index (χ1v) is 13.3. The summed E-state index contributed by atoms with van der Waals surface area (Å²) in [5.74, 6) is 1.76. The number of ether oxygens (including phenoxy) is 2. The van der Waals surface area contributed by atoms with E-state index >= 15 is 0 Å². The average molecular weight is 512 g/mol. The number of methoxy groups -OCH3 is 2. The number of hydrazone groups is 1. The van der Waals surface area contributed by atoms with E-state index in [1.807, 2.05) is 25.4 Å². The molecule has 0 N–H and O–H groups in total. The Bertz CT molecular complexity index is 1430. The van der Waals surface area contributed by atoms with E-state index in [-0.39, 0.29) is 0 Å². The van der Waals surface area contributed by atoms with E-state index in [0.717, 1.165) is 64.8 Å². The van der Waals surface area contributed by atoms with E-state index in [2.05, 4.69) is 68.4 Å². The summed E-state index contributed by atoms with van der Waals surface area (Å²) in [5.41, 5.74) is 5.30. The molecule has 0 bridgehead atoms. The normalized spacial score (nSPS) is 16.0. The Hall–Kier alpha value is -3.62. The van der Waals surface area contributed by atoms with Crippen LogP contribution in [-0.4, -0.2) is 54.1 Å². The van der Waals surface area contributed by atoms with Crippen LogP contribution in [0.3, 0.4) is 0 Å². The smallest absolute Gasteiger partial charge is 0.156 e. The van der Waals surface area contributed by atoms with E-state index < -0.39 is 0 Å². The molecule has 2 aliphatic heterocycles. The average Bonchev–Trinajstić information content (AvgIpc) is 2.97. The molecule has 4 heterocycles. The zero-order chi connectivity index (χ0) is 25.2. The summed E-state index contributed by atoms with van der Waals surface area (Å²) in [6.45, 7) is 2.66. The Morgan fingerprint density at radius 2 is 1.76 bits per heavy atom.